The molecule has 27 heavy (non-hydrogen) atoms. The van der Waals surface area contributed by atoms with E-state index in [0.29, 0.717) is 24.9 Å². The molecule has 1 atom stereocenters. The maximum absolute atomic E-state index is 12.5. The van der Waals surface area contributed by atoms with Crippen LogP contribution in [-0.4, -0.2) is 60.4 Å². The lowest BCUT2D eigenvalue weighted by Crippen LogP contribution is -2.55. The lowest BCUT2D eigenvalue weighted by Gasteiger charge is -2.48. The van der Waals surface area contributed by atoms with Gasteiger partial charge in [-0.25, -0.2) is 0 Å². The van der Waals surface area contributed by atoms with Crippen molar-refractivity contribution < 1.29 is 9.59 Å². The van der Waals surface area contributed by atoms with Crippen molar-refractivity contribution in [2.24, 2.45) is 5.41 Å². The molecule has 3 fully saturated rings. The third-order valence-electron chi connectivity index (χ3n) is 6.31. The van der Waals surface area contributed by atoms with Gasteiger partial charge in [0.05, 0.1) is 6.54 Å². The summed E-state index contributed by atoms with van der Waals surface area (Å²) in [5.41, 5.74) is 1.45. The van der Waals surface area contributed by atoms with Crippen LogP contribution >= 0.6 is 0 Å². The van der Waals surface area contributed by atoms with Crippen molar-refractivity contribution in [3.05, 3.63) is 35.9 Å². The molecule has 2 heterocycles. The first-order valence-electron chi connectivity index (χ1n) is 10.5. The molecule has 1 N–H and O–H groups in total. The zero-order valence-electron chi connectivity index (χ0n) is 16.2. The fourth-order valence-electron chi connectivity index (χ4n) is 4.70. The van der Waals surface area contributed by atoms with Crippen LogP contribution in [0.5, 0.6) is 0 Å². The zero-order valence-corrected chi connectivity index (χ0v) is 16.2. The zero-order chi connectivity index (χ0) is 18.7. The minimum Gasteiger partial charge on any atom is -0.352 e. The Labute approximate surface area is 162 Å². The molecule has 1 spiro atoms. The van der Waals surface area contributed by atoms with E-state index in [4.69, 9.17) is 0 Å². The lowest BCUT2D eigenvalue weighted by molar-refractivity contribution is -0.140. The molecule has 0 radical (unpaired) electrons. The molecule has 4 rings (SSSR count). The molecule has 0 aromatic heterocycles. The largest absolute Gasteiger partial charge is 0.352 e. The molecule has 146 valence electrons. The van der Waals surface area contributed by atoms with E-state index in [1.54, 1.807) is 0 Å². The number of amides is 2. The van der Waals surface area contributed by atoms with Gasteiger partial charge in [-0.3, -0.25) is 14.5 Å². The number of carbonyl (C=O) groups is 2. The Kier molecular flexibility index (Phi) is 5.48. The molecule has 1 saturated carbocycles. The summed E-state index contributed by atoms with van der Waals surface area (Å²) in [5.74, 6) is 0.461. The standard InChI is InChI=1S/C22H31N3O2/c26-20(23-19-7-8-19)15-24-13-4-11-22(16-24)12-9-21(27)25(17-22)14-10-18-5-2-1-3-6-18/h1-3,5-6,19H,4,7-17H2,(H,23,26)/t22-/m1/s1. The highest BCUT2D eigenvalue weighted by atomic mass is 16.2. The van der Waals surface area contributed by atoms with Crippen molar-refractivity contribution in [1.82, 2.24) is 15.1 Å². The highest BCUT2D eigenvalue weighted by molar-refractivity contribution is 5.79. The number of likely N-dealkylation sites (tertiary alicyclic amines) is 2. The topological polar surface area (TPSA) is 52.7 Å². The van der Waals surface area contributed by atoms with Crippen LogP contribution in [0.25, 0.3) is 0 Å². The number of nitrogens with zero attached hydrogens (tertiary/aromatic N) is 2. The van der Waals surface area contributed by atoms with Gasteiger partial charge in [-0.05, 0) is 50.6 Å². The maximum Gasteiger partial charge on any atom is 0.234 e. The molecule has 3 aliphatic rings. The summed E-state index contributed by atoms with van der Waals surface area (Å²) >= 11 is 0. The van der Waals surface area contributed by atoms with E-state index < -0.39 is 0 Å². The molecule has 2 saturated heterocycles. The van der Waals surface area contributed by atoms with Gasteiger partial charge >= 0.3 is 0 Å². The molecule has 5 heteroatoms. The van der Waals surface area contributed by atoms with Crippen molar-refractivity contribution in [2.45, 2.75) is 51.0 Å². The Morgan fingerprint density at radius 2 is 1.96 bits per heavy atom. The third-order valence-corrected chi connectivity index (χ3v) is 6.31. The second-order valence-corrected chi connectivity index (χ2v) is 8.71. The fraction of sp³-hybridized carbons (Fsp3) is 0.636. The fourth-order valence-corrected chi connectivity index (χ4v) is 4.70. The number of hydrogen-bond acceptors (Lipinski definition) is 3. The van der Waals surface area contributed by atoms with E-state index in [0.717, 1.165) is 58.3 Å². The Bertz CT molecular complexity index is 673. The van der Waals surface area contributed by atoms with Gasteiger partial charge in [0.15, 0.2) is 0 Å². The highest BCUT2D eigenvalue weighted by Gasteiger charge is 2.41. The predicted molar refractivity (Wildman–Crippen MR) is 105 cm³/mol. The van der Waals surface area contributed by atoms with Crippen LogP contribution in [0.2, 0.25) is 0 Å². The number of piperidine rings is 2. The monoisotopic (exact) mass is 369 g/mol. The summed E-state index contributed by atoms with van der Waals surface area (Å²) in [6.07, 6.45) is 7.09. The van der Waals surface area contributed by atoms with E-state index in [2.05, 4.69) is 39.4 Å². The van der Waals surface area contributed by atoms with E-state index >= 15 is 0 Å². The van der Waals surface area contributed by atoms with Gasteiger partial charge in [-0.1, -0.05) is 30.3 Å². The van der Waals surface area contributed by atoms with E-state index in [1.807, 2.05) is 6.07 Å². The number of carbonyl (C=O) groups excluding carboxylic acids is 2. The molecule has 2 amide bonds. The minimum atomic E-state index is 0.169. The van der Waals surface area contributed by atoms with Gasteiger partial charge in [0.25, 0.3) is 0 Å². The molecular weight excluding hydrogens is 338 g/mol. The van der Waals surface area contributed by atoms with Crippen molar-refractivity contribution in [2.75, 3.05) is 32.7 Å². The second-order valence-electron chi connectivity index (χ2n) is 8.71. The average molecular weight is 370 g/mol. The lowest BCUT2D eigenvalue weighted by atomic mass is 9.73. The molecule has 5 nitrogen and oxygen atoms in total. The van der Waals surface area contributed by atoms with Gasteiger partial charge in [0, 0.05) is 37.5 Å². The van der Waals surface area contributed by atoms with Crippen LogP contribution in [0.3, 0.4) is 0 Å². The first-order chi connectivity index (χ1) is 13.1. The van der Waals surface area contributed by atoms with Crippen LogP contribution in [0.15, 0.2) is 30.3 Å². The van der Waals surface area contributed by atoms with Gasteiger partial charge in [-0.2, -0.15) is 0 Å². The van der Waals surface area contributed by atoms with E-state index in [9.17, 15) is 9.59 Å². The summed E-state index contributed by atoms with van der Waals surface area (Å²) < 4.78 is 0. The number of hydrogen-bond donors (Lipinski definition) is 1. The summed E-state index contributed by atoms with van der Waals surface area (Å²) in [7, 11) is 0. The van der Waals surface area contributed by atoms with Crippen LogP contribution in [0.1, 0.15) is 44.1 Å². The summed E-state index contributed by atoms with van der Waals surface area (Å²) in [5, 5.41) is 3.10. The average Bonchev–Trinajstić information content (AvgIpc) is 3.47. The normalized spacial score (nSPS) is 26.4. The summed E-state index contributed by atoms with van der Waals surface area (Å²) in [6.45, 7) is 4.10. The van der Waals surface area contributed by atoms with Crippen LogP contribution in [0.4, 0.5) is 0 Å². The van der Waals surface area contributed by atoms with E-state index in [1.165, 1.54) is 12.0 Å². The number of nitrogens with one attached hydrogen (secondary N) is 1. The molecule has 1 aromatic rings. The number of benzene rings is 1. The van der Waals surface area contributed by atoms with Gasteiger partial charge in [0.1, 0.15) is 0 Å². The van der Waals surface area contributed by atoms with Gasteiger partial charge < -0.3 is 10.2 Å². The van der Waals surface area contributed by atoms with Crippen molar-refractivity contribution >= 4 is 11.8 Å². The van der Waals surface area contributed by atoms with Crippen LogP contribution in [-0.2, 0) is 16.0 Å². The van der Waals surface area contributed by atoms with Gasteiger partial charge in [-0.15, -0.1) is 0 Å². The summed E-state index contributed by atoms with van der Waals surface area (Å²) in [4.78, 5) is 29.1. The Balaban J connectivity index is 1.33. The third kappa shape index (κ3) is 4.89. The highest BCUT2D eigenvalue weighted by Crippen LogP contribution is 2.38. The molecule has 1 aliphatic carbocycles. The Morgan fingerprint density at radius 1 is 1.15 bits per heavy atom. The summed E-state index contributed by atoms with van der Waals surface area (Å²) in [6, 6.07) is 10.8. The molecule has 2 aliphatic heterocycles. The van der Waals surface area contributed by atoms with E-state index in [-0.39, 0.29) is 11.3 Å². The van der Waals surface area contributed by atoms with Crippen molar-refractivity contribution in [3.63, 3.8) is 0 Å². The Morgan fingerprint density at radius 3 is 2.74 bits per heavy atom. The quantitative estimate of drug-likeness (QED) is 0.836. The molecule has 0 bridgehead atoms. The Hall–Kier alpha value is -1.88. The van der Waals surface area contributed by atoms with Crippen molar-refractivity contribution in [3.8, 4) is 0 Å². The van der Waals surface area contributed by atoms with Crippen molar-refractivity contribution in [1.29, 1.82) is 0 Å². The predicted octanol–water partition coefficient (Wildman–Crippen LogP) is 2.21. The van der Waals surface area contributed by atoms with Crippen LogP contribution in [0, 0.1) is 5.41 Å². The molecule has 0 unspecified atom stereocenters. The second kappa shape index (κ2) is 8.01. The first-order valence-corrected chi connectivity index (χ1v) is 10.5. The maximum atomic E-state index is 12.5. The first kappa shape index (κ1) is 18.5. The number of rotatable bonds is 6. The molecular formula is C22H31N3O2. The van der Waals surface area contributed by atoms with Crippen LogP contribution < -0.4 is 5.32 Å². The minimum absolute atomic E-state index is 0.169. The SMILES string of the molecule is O=C(CN1CCC[C@@]2(CCC(=O)N(CCc3ccccc3)C2)C1)NC1CC1. The van der Waals surface area contributed by atoms with Gasteiger partial charge in [0.2, 0.25) is 11.8 Å². The molecule has 1 aromatic carbocycles. The smallest absolute Gasteiger partial charge is 0.234 e.